The van der Waals surface area contributed by atoms with Gasteiger partial charge in [-0.1, -0.05) is 23.4 Å². The Hall–Kier alpha value is -2.11. The first-order valence-electron chi connectivity index (χ1n) is 8.44. The summed E-state index contributed by atoms with van der Waals surface area (Å²) in [7, 11) is 0. The summed E-state index contributed by atoms with van der Waals surface area (Å²) in [6.45, 7) is 2.08. The maximum atomic E-state index is 12.2. The van der Waals surface area contributed by atoms with Crippen LogP contribution in [0.1, 0.15) is 32.6 Å². The van der Waals surface area contributed by atoms with Crippen LogP contribution in [-0.2, 0) is 4.79 Å². The largest absolute Gasteiger partial charge is 0.385 e. The van der Waals surface area contributed by atoms with Crippen LogP contribution in [0.2, 0.25) is 0 Å². The van der Waals surface area contributed by atoms with E-state index in [9.17, 15) is 4.79 Å². The number of nitrogens with zero attached hydrogens (tertiary/aromatic N) is 3. The van der Waals surface area contributed by atoms with Crippen LogP contribution in [0.15, 0.2) is 24.3 Å². The number of nitrogens with one attached hydrogen (secondary N) is 1. The average Bonchev–Trinajstić information content (AvgIpc) is 3.28. The predicted octanol–water partition coefficient (Wildman–Crippen LogP) is 1.80. The van der Waals surface area contributed by atoms with Crippen LogP contribution in [0, 0.1) is 17.8 Å². The molecule has 0 aliphatic heterocycles. The van der Waals surface area contributed by atoms with Gasteiger partial charge in [-0.2, -0.15) is 0 Å². The van der Waals surface area contributed by atoms with Gasteiger partial charge in [-0.05, 0) is 61.3 Å². The summed E-state index contributed by atoms with van der Waals surface area (Å²) in [5, 5.41) is 11.0. The van der Waals surface area contributed by atoms with E-state index in [1.807, 2.05) is 24.3 Å². The minimum absolute atomic E-state index is 0.0431. The summed E-state index contributed by atoms with van der Waals surface area (Å²) in [6.07, 6.45) is 5.33. The molecule has 2 bridgehead atoms. The monoisotopic (exact) mass is 314 g/mol. The highest BCUT2D eigenvalue weighted by Gasteiger charge is 2.42. The second-order valence-corrected chi connectivity index (χ2v) is 6.92. The van der Waals surface area contributed by atoms with Gasteiger partial charge in [-0.15, -0.1) is 5.10 Å². The van der Waals surface area contributed by atoms with Crippen molar-refractivity contribution in [3.05, 3.63) is 24.3 Å². The third kappa shape index (κ3) is 2.78. The van der Waals surface area contributed by atoms with Crippen LogP contribution in [0.25, 0.3) is 11.0 Å². The Labute approximate surface area is 135 Å². The van der Waals surface area contributed by atoms with Gasteiger partial charge in [0.15, 0.2) is 6.61 Å². The number of fused-ring (bicyclic) bond motifs is 3. The first-order chi connectivity index (χ1) is 11.2. The van der Waals surface area contributed by atoms with E-state index in [4.69, 9.17) is 4.84 Å². The van der Waals surface area contributed by atoms with E-state index < -0.39 is 0 Å². The maximum Gasteiger partial charge on any atom is 0.260 e. The fraction of sp³-hybridized carbons (Fsp3) is 0.588. The second-order valence-electron chi connectivity index (χ2n) is 6.92. The van der Waals surface area contributed by atoms with Gasteiger partial charge in [0.05, 0.1) is 0 Å². The fourth-order valence-corrected chi connectivity index (χ4v) is 4.37. The minimum atomic E-state index is -0.0974. The van der Waals surface area contributed by atoms with Gasteiger partial charge in [0.1, 0.15) is 11.0 Å². The van der Waals surface area contributed by atoms with E-state index in [2.05, 4.69) is 22.6 Å². The molecule has 0 spiro atoms. The van der Waals surface area contributed by atoms with Gasteiger partial charge in [0.2, 0.25) is 0 Å². The lowest BCUT2D eigenvalue weighted by Crippen LogP contribution is -2.43. The van der Waals surface area contributed by atoms with Crippen LogP contribution in [0.4, 0.5) is 0 Å². The van der Waals surface area contributed by atoms with E-state index in [1.165, 1.54) is 30.5 Å². The van der Waals surface area contributed by atoms with Gasteiger partial charge in [-0.3, -0.25) is 4.79 Å². The van der Waals surface area contributed by atoms with Crippen molar-refractivity contribution >= 4 is 16.9 Å². The number of carbonyl (C=O) groups is 1. The lowest BCUT2D eigenvalue weighted by molar-refractivity contribution is -0.127. The summed E-state index contributed by atoms with van der Waals surface area (Å²) in [5.74, 6) is 2.22. The van der Waals surface area contributed by atoms with Crippen molar-refractivity contribution in [3.63, 3.8) is 0 Å². The highest BCUT2D eigenvalue weighted by atomic mass is 16.7. The quantitative estimate of drug-likeness (QED) is 0.914. The summed E-state index contributed by atoms with van der Waals surface area (Å²) in [6, 6.07) is 7.73. The molecule has 2 aliphatic carbocycles. The molecule has 2 fully saturated rings. The number of aromatic nitrogens is 3. The standard InChI is InChI=1S/C17H22N4O2/c1-11(14-9-12-6-7-13(14)8-12)18-17(22)10-23-21-16-5-3-2-4-15(16)19-20-21/h2-5,11-14H,6-10H2,1H3,(H,18,22)/t11-,12+,13+,14+/m1/s1. The molecule has 2 aromatic rings. The smallest absolute Gasteiger partial charge is 0.260 e. The molecule has 0 unspecified atom stereocenters. The molecule has 6 nitrogen and oxygen atoms in total. The average molecular weight is 314 g/mol. The van der Waals surface area contributed by atoms with Gasteiger partial charge < -0.3 is 10.2 Å². The normalized spacial score (nSPS) is 27.3. The summed E-state index contributed by atoms with van der Waals surface area (Å²) < 4.78 is 0. The van der Waals surface area contributed by atoms with Crippen LogP contribution in [0.5, 0.6) is 0 Å². The van der Waals surface area contributed by atoms with Crippen molar-refractivity contribution in [2.45, 2.75) is 38.6 Å². The van der Waals surface area contributed by atoms with Gasteiger partial charge in [0.25, 0.3) is 5.91 Å². The number of hydrogen-bond acceptors (Lipinski definition) is 4. The molecule has 1 heterocycles. The van der Waals surface area contributed by atoms with Crippen LogP contribution < -0.4 is 10.2 Å². The Morgan fingerprint density at radius 2 is 2.26 bits per heavy atom. The molecule has 4 atom stereocenters. The molecule has 2 saturated carbocycles. The number of benzene rings is 1. The lowest BCUT2D eigenvalue weighted by Gasteiger charge is -2.28. The highest BCUT2D eigenvalue weighted by molar-refractivity contribution is 5.78. The Bertz CT molecular complexity index is 713. The topological polar surface area (TPSA) is 69.0 Å². The minimum Gasteiger partial charge on any atom is -0.385 e. The molecule has 1 aromatic heterocycles. The van der Waals surface area contributed by atoms with Gasteiger partial charge >= 0.3 is 0 Å². The third-order valence-electron chi connectivity index (χ3n) is 5.46. The van der Waals surface area contributed by atoms with Crippen molar-refractivity contribution in [3.8, 4) is 0 Å². The Morgan fingerprint density at radius 3 is 3.04 bits per heavy atom. The predicted molar refractivity (Wildman–Crippen MR) is 85.5 cm³/mol. The number of para-hydroxylation sites is 1. The van der Waals surface area contributed by atoms with Crippen molar-refractivity contribution < 1.29 is 9.63 Å². The second kappa shape index (κ2) is 5.83. The Balaban J connectivity index is 1.32. The summed E-state index contributed by atoms with van der Waals surface area (Å²) in [5.41, 5.74) is 1.52. The zero-order valence-corrected chi connectivity index (χ0v) is 13.3. The van der Waals surface area contributed by atoms with Crippen molar-refractivity contribution in [1.82, 2.24) is 20.5 Å². The number of rotatable bonds is 5. The van der Waals surface area contributed by atoms with Crippen molar-refractivity contribution in [2.24, 2.45) is 17.8 Å². The molecule has 122 valence electrons. The molecule has 0 saturated heterocycles. The van der Waals surface area contributed by atoms with Crippen LogP contribution >= 0.6 is 0 Å². The molecule has 1 N–H and O–H groups in total. The molecule has 23 heavy (non-hydrogen) atoms. The zero-order valence-electron chi connectivity index (χ0n) is 13.3. The van der Waals surface area contributed by atoms with E-state index in [0.29, 0.717) is 5.92 Å². The van der Waals surface area contributed by atoms with E-state index in [-0.39, 0.29) is 18.6 Å². The molecule has 6 heteroatoms. The fourth-order valence-electron chi connectivity index (χ4n) is 4.37. The maximum absolute atomic E-state index is 12.2. The molecule has 1 aromatic carbocycles. The van der Waals surface area contributed by atoms with Gasteiger partial charge in [0, 0.05) is 6.04 Å². The third-order valence-corrected chi connectivity index (χ3v) is 5.46. The van der Waals surface area contributed by atoms with Crippen LogP contribution in [-0.4, -0.2) is 33.7 Å². The van der Waals surface area contributed by atoms with E-state index >= 15 is 0 Å². The first-order valence-corrected chi connectivity index (χ1v) is 8.44. The SMILES string of the molecule is C[C@@H](NC(=O)COn1nnc2ccccc21)[C@@H]1C[C@H]2CC[C@H]1C2. The van der Waals surface area contributed by atoms with E-state index in [0.717, 1.165) is 22.9 Å². The molecule has 1 amide bonds. The van der Waals surface area contributed by atoms with Gasteiger partial charge in [-0.25, -0.2) is 0 Å². The Kier molecular flexibility index (Phi) is 3.67. The molecular formula is C17H22N4O2. The van der Waals surface area contributed by atoms with Crippen LogP contribution in [0.3, 0.4) is 0 Å². The molecule has 4 rings (SSSR count). The lowest BCUT2D eigenvalue weighted by atomic mass is 9.84. The zero-order chi connectivity index (χ0) is 15.8. The van der Waals surface area contributed by atoms with Crippen molar-refractivity contribution in [1.29, 1.82) is 0 Å². The van der Waals surface area contributed by atoms with E-state index in [1.54, 1.807) is 0 Å². The number of hydrogen-bond donors (Lipinski definition) is 1. The van der Waals surface area contributed by atoms with Crippen molar-refractivity contribution in [2.75, 3.05) is 6.61 Å². The molecule has 0 radical (unpaired) electrons. The number of carbonyl (C=O) groups excluding carboxylic acids is 1. The first kappa shape index (κ1) is 14.5. The Morgan fingerprint density at radius 1 is 1.39 bits per heavy atom. The summed E-state index contributed by atoms with van der Waals surface area (Å²) >= 11 is 0. The number of amides is 1. The summed E-state index contributed by atoms with van der Waals surface area (Å²) in [4.78, 5) is 18.9. The molecular weight excluding hydrogens is 292 g/mol. The highest BCUT2D eigenvalue weighted by Crippen LogP contribution is 2.49. The molecule has 2 aliphatic rings.